The summed E-state index contributed by atoms with van der Waals surface area (Å²) in [6.45, 7) is 3.40. The van der Waals surface area contributed by atoms with E-state index >= 15 is 0 Å². The van der Waals surface area contributed by atoms with Crippen LogP contribution in [0.5, 0.6) is 0 Å². The molecule has 24 heavy (non-hydrogen) atoms. The number of rotatable bonds is 6. The number of nitrogens with one attached hydrogen (secondary N) is 1. The first-order valence-electron chi connectivity index (χ1n) is 7.81. The van der Waals surface area contributed by atoms with Crippen LogP contribution in [0.25, 0.3) is 0 Å². The fourth-order valence-corrected chi connectivity index (χ4v) is 2.73. The number of benzene rings is 1. The summed E-state index contributed by atoms with van der Waals surface area (Å²) in [5, 5.41) is 11.8. The molecular weight excluding hydrogens is 332 g/mol. The molecule has 1 heterocycles. The zero-order valence-corrected chi connectivity index (χ0v) is 14.5. The van der Waals surface area contributed by atoms with Crippen molar-refractivity contribution < 1.29 is 19.5 Å². The molecule has 0 spiro atoms. The van der Waals surface area contributed by atoms with Gasteiger partial charge in [0.25, 0.3) is 0 Å². The third-order valence-corrected chi connectivity index (χ3v) is 4.09. The SMILES string of the molecule is CC(=O)c1ccc(NC(=O)CCN2CCCC(C(=O)O)C2)cc1.Cl. The van der Waals surface area contributed by atoms with Crippen molar-refractivity contribution in [3.8, 4) is 0 Å². The van der Waals surface area contributed by atoms with Crippen LogP contribution < -0.4 is 5.32 Å². The lowest BCUT2D eigenvalue weighted by Gasteiger charge is -2.30. The first kappa shape index (κ1) is 20.1. The second-order valence-corrected chi connectivity index (χ2v) is 5.91. The van der Waals surface area contributed by atoms with Crippen LogP contribution in [0.3, 0.4) is 0 Å². The average molecular weight is 355 g/mol. The van der Waals surface area contributed by atoms with Crippen LogP contribution in [-0.4, -0.2) is 47.3 Å². The Balaban J connectivity index is 0.00000288. The van der Waals surface area contributed by atoms with Crippen LogP contribution in [0.1, 0.15) is 36.5 Å². The van der Waals surface area contributed by atoms with Crippen LogP contribution in [0.15, 0.2) is 24.3 Å². The third-order valence-electron chi connectivity index (χ3n) is 4.09. The van der Waals surface area contributed by atoms with Crippen molar-refractivity contribution in [1.29, 1.82) is 0 Å². The summed E-state index contributed by atoms with van der Waals surface area (Å²) in [6.07, 6.45) is 1.88. The van der Waals surface area contributed by atoms with Gasteiger partial charge in [-0.15, -0.1) is 12.4 Å². The number of likely N-dealkylation sites (tertiary alicyclic amines) is 1. The molecule has 1 fully saturated rings. The van der Waals surface area contributed by atoms with Gasteiger partial charge in [0.2, 0.25) is 5.91 Å². The van der Waals surface area contributed by atoms with Crippen molar-refractivity contribution in [1.82, 2.24) is 4.90 Å². The van der Waals surface area contributed by atoms with Gasteiger partial charge in [0.15, 0.2) is 5.78 Å². The lowest BCUT2D eigenvalue weighted by atomic mass is 9.98. The number of carboxylic acids is 1. The third kappa shape index (κ3) is 5.94. The van der Waals surface area contributed by atoms with Gasteiger partial charge in [0.05, 0.1) is 5.92 Å². The quantitative estimate of drug-likeness (QED) is 0.766. The van der Waals surface area contributed by atoms with Crippen molar-refractivity contribution in [2.45, 2.75) is 26.2 Å². The molecule has 0 radical (unpaired) electrons. The molecule has 0 aliphatic carbocycles. The number of carboxylic acid groups (broad SMARTS) is 1. The average Bonchev–Trinajstić information content (AvgIpc) is 2.53. The zero-order chi connectivity index (χ0) is 16.8. The molecule has 0 bridgehead atoms. The van der Waals surface area contributed by atoms with E-state index in [-0.39, 0.29) is 30.0 Å². The van der Waals surface area contributed by atoms with Crippen LogP contribution in [0.2, 0.25) is 0 Å². The molecule has 1 aromatic rings. The van der Waals surface area contributed by atoms with Gasteiger partial charge in [-0.05, 0) is 50.6 Å². The minimum Gasteiger partial charge on any atom is -0.481 e. The number of piperidine rings is 1. The number of amides is 1. The Morgan fingerprint density at radius 2 is 1.92 bits per heavy atom. The van der Waals surface area contributed by atoms with Crippen molar-refractivity contribution in [3.05, 3.63) is 29.8 Å². The zero-order valence-electron chi connectivity index (χ0n) is 13.7. The fraction of sp³-hybridized carbons (Fsp3) is 0.471. The van der Waals surface area contributed by atoms with E-state index in [1.165, 1.54) is 6.92 Å². The van der Waals surface area contributed by atoms with Crippen LogP contribution >= 0.6 is 12.4 Å². The van der Waals surface area contributed by atoms with Crippen molar-refractivity contribution in [2.75, 3.05) is 25.0 Å². The standard InChI is InChI=1S/C17H22N2O4.ClH/c1-12(20)13-4-6-15(7-5-13)18-16(21)8-10-19-9-2-3-14(11-19)17(22)23;/h4-7,14H,2-3,8-11H2,1H3,(H,18,21)(H,22,23);1H. The van der Waals surface area contributed by atoms with Gasteiger partial charge in [0.1, 0.15) is 0 Å². The van der Waals surface area contributed by atoms with Gasteiger partial charge in [-0.3, -0.25) is 14.4 Å². The van der Waals surface area contributed by atoms with E-state index in [0.717, 1.165) is 13.0 Å². The Morgan fingerprint density at radius 1 is 1.25 bits per heavy atom. The number of hydrogen-bond donors (Lipinski definition) is 2. The molecule has 1 aromatic carbocycles. The number of carbonyl (C=O) groups excluding carboxylic acids is 2. The molecule has 132 valence electrons. The highest BCUT2D eigenvalue weighted by atomic mass is 35.5. The Hall–Kier alpha value is -1.92. The second-order valence-electron chi connectivity index (χ2n) is 5.91. The molecule has 6 nitrogen and oxygen atoms in total. The number of anilines is 1. The first-order valence-corrected chi connectivity index (χ1v) is 7.81. The van der Waals surface area contributed by atoms with Gasteiger partial charge < -0.3 is 15.3 Å². The first-order chi connectivity index (χ1) is 11.0. The largest absolute Gasteiger partial charge is 0.481 e. The smallest absolute Gasteiger partial charge is 0.307 e. The molecule has 1 aliphatic heterocycles. The lowest BCUT2D eigenvalue weighted by molar-refractivity contribution is -0.143. The van der Waals surface area contributed by atoms with E-state index in [2.05, 4.69) is 5.32 Å². The molecule has 1 aliphatic rings. The van der Waals surface area contributed by atoms with E-state index in [4.69, 9.17) is 5.11 Å². The molecule has 1 saturated heterocycles. The fourth-order valence-electron chi connectivity index (χ4n) is 2.73. The molecule has 2 rings (SSSR count). The number of aliphatic carboxylic acids is 1. The summed E-state index contributed by atoms with van der Waals surface area (Å²) < 4.78 is 0. The Morgan fingerprint density at radius 3 is 2.50 bits per heavy atom. The van der Waals surface area contributed by atoms with E-state index in [1.807, 2.05) is 4.90 Å². The van der Waals surface area contributed by atoms with Crippen LogP contribution in [0.4, 0.5) is 5.69 Å². The molecule has 0 saturated carbocycles. The maximum Gasteiger partial charge on any atom is 0.307 e. The number of halogens is 1. The number of Topliss-reactive ketones (excluding diaryl/α,β-unsaturated/α-hetero) is 1. The Kier molecular flexibility index (Phi) is 7.88. The minimum atomic E-state index is -0.760. The molecule has 7 heteroatoms. The number of hydrogen-bond acceptors (Lipinski definition) is 4. The highest BCUT2D eigenvalue weighted by Crippen LogP contribution is 2.17. The van der Waals surface area contributed by atoms with Crippen LogP contribution in [0, 0.1) is 5.92 Å². The van der Waals surface area contributed by atoms with Crippen LogP contribution in [-0.2, 0) is 9.59 Å². The highest BCUT2D eigenvalue weighted by molar-refractivity contribution is 5.95. The summed E-state index contributed by atoms with van der Waals surface area (Å²) in [6, 6.07) is 6.77. The van der Waals surface area contributed by atoms with Crippen molar-refractivity contribution in [2.24, 2.45) is 5.92 Å². The van der Waals surface area contributed by atoms with Gasteiger partial charge in [-0.25, -0.2) is 0 Å². The predicted octanol–water partition coefficient (Wildman–Crippen LogP) is 2.44. The number of carbonyl (C=O) groups is 3. The normalized spacial score (nSPS) is 17.6. The summed E-state index contributed by atoms with van der Waals surface area (Å²) >= 11 is 0. The lowest BCUT2D eigenvalue weighted by Crippen LogP contribution is -2.40. The highest BCUT2D eigenvalue weighted by Gasteiger charge is 2.25. The number of nitrogens with zero attached hydrogens (tertiary/aromatic N) is 1. The van der Waals surface area contributed by atoms with Gasteiger partial charge in [0, 0.05) is 30.8 Å². The second kappa shape index (κ2) is 9.39. The topological polar surface area (TPSA) is 86.7 Å². The maximum absolute atomic E-state index is 12.0. The summed E-state index contributed by atoms with van der Waals surface area (Å²) in [5.41, 5.74) is 1.26. The maximum atomic E-state index is 12.0. The van der Waals surface area contributed by atoms with E-state index < -0.39 is 5.97 Å². The summed E-state index contributed by atoms with van der Waals surface area (Å²) in [4.78, 5) is 36.2. The molecule has 1 amide bonds. The van der Waals surface area contributed by atoms with E-state index in [1.54, 1.807) is 24.3 Å². The van der Waals surface area contributed by atoms with Crippen molar-refractivity contribution >= 4 is 35.8 Å². The Labute approximate surface area is 147 Å². The monoisotopic (exact) mass is 354 g/mol. The molecular formula is C17H23ClN2O4. The summed E-state index contributed by atoms with van der Waals surface area (Å²) in [7, 11) is 0. The predicted molar refractivity (Wildman–Crippen MR) is 93.7 cm³/mol. The van der Waals surface area contributed by atoms with Gasteiger partial charge in [-0.2, -0.15) is 0 Å². The molecule has 0 aromatic heterocycles. The molecule has 1 unspecified atom stereocenters. The van der Waals surface area contributed by atoms with Crippen molar-refractivity contribution in [3.63, 3.8) is 0 Å². The van der Waals surface area contributed by atoms with E-state index in [9.17, 15) is 14.4 Å². The van der Waals surface area contributed by atoms with Gasteiger partial charge >= 0.3 is 5.97 Å². The molecule has 2 N–H and O–H groups in total. The van der Waals surface area contributed by atoms with E-state index in [0.29, 0.717) is 37.2 Å². The minimum absolute atomic E-state index is 0. The van der Waals surface area contributed by atoms with Gasteiger partial charge in [-0.1, -0.05) is 0 Å². The molecule has 1 atom stereocenters. The number of ketones is 1. The summed E-state index contributed by atoms with van der Waals surface area (Å²) in [5.74, 6) is -1.21. The Bertz CT molecular complexity index is 589.